The van der Waals surface area contributed by atoms with E-state index in [1.54, 1.807) is 22.9 Å². The first-order valence-electron chi connectivity index (χ1n) is 10.8. The number of carbonyl (C=O) groups excluding carboxylic acids is 1. The number of anilines is 3. The van der Waals surface area contributed by atoms with E-state index >= 15 is 0 Å². The number of aromatic nitrogens is 3. The van der Waals surface area contributed by atoms with E-state index in [-0.39, 0.29) is 5.91 Å². The van der Waals surface area contributed by atoms with Gasteiger partial charge in [0.1, 0.15) is 5.82 Å². The number of nitrogen functional groups attached to an aromatic ring is 1. The summed E-state index contributed by atoms with van der Waals surface area (Å²) in [4.78, 5) is 19.8. The van der Waals surface area contributed by atoms with Gasteiger partial charge in [-0.3, -0.25) is 9.48 Å². The first kappa shape index (κ1) is 22.4. The molecule has 0 radical (unpaired) electrons. The van der Waals surface area contributed by atoms with Crippen LogP contribution in [-0.4, -0.2) is 53.0 Å². The summed E-state index contributed by atoms with van der Waals surface area (Å²) < 4.78 is 7.01. The normalized spacial score (nSPS) is 18.7. The van der Waals surface area contributed by atoms with Crippen LogP contribution in [0.15, 0.2) is 30.6 Å². The molecule has 2 atom stereocenters. The molecule has 1 fully saturated rings. The highest BCUT2D eigenvalue weighted by Gasteiger charge is 2.25. The summed E-state index contributed by atoms with van der Waals surface area (Å²) in [6.07, 6.45) is 5.01. The van der Waals surface area contributed by atoms with E-state index in [9.17, 15) is 4.79 Å². The summed E-state index contributed by atoms with van der Waals surface area (Å²) in [5.74, 6) is 0.312. The molecule has 174 valence electrons. The van der Waals surface area contributed by atoms with Crippen molar-refractivity contribution in [3.63, 3.8) is 0 Å². The molecule has 10 nitrogen and oxygen atoms in total. The van der Waals surface area contributed by atoms with Crippen LogP contribution in [0.2, 0.25) is 0 Å². The van der Waals surface area contributed by atoms with Gasteiger partial charge in [0.05, 0.1) is 18.4 Å². The van der Waals surface area contributed by atoms with E-state index in [1.165, 1.54) is 13.3 Å². The number of nitrogens with one attached hydrogen (secondary N) is 2. The van der Waals surface area contributed by atoms with Crippen LogP contribution < -0.4 is 31.7 Å². The molecule has 1 amide bonds. The molecule has 2 aromatic heterocycles. The highest BCUT2D eigenvalue weighted by Crippen LogP contribution is 2.32. The number of aryl methyl sites for hydroxylation is 1. The second-order valence-corrected chi connectivity index (χ2v) is 8.40. The van der Waals surface area contributed by atoms with Gasteiger partial charge in [-0.2, -0.15) is 10.1 Å². The molecule has 33 heavy (non-hydrogen) atoms. The minimum Gasteiger partial charge on any atom is -0.479 e. The Balaban J connectivity index is 1.67. The molecular formula is C23H30N8O2. The molecule has 0 aliphatic carbocycles. The van der Waals surface area contributed by atoms with E-state index < -0.39 is 0 Å². The summed E-state index contributed by atoms with van der Waals surface area (Å²) in [6, 6.07) is 6.07. The largest absolute Gasteiger partial charge is 0.479 e. The smallest absolute Gasteiger partial charge is 0.258 e. The fourth-order valence-corrected chi connectivity index (χ4v) is 4.40. The van der Waals surface area contributed by atoms with Gasteiger partial charge >= 0.3 is 0 Å². The monoisotopic (exact) mass is 450 g/mol. The maximum atomic E-state index is 13.2. The van der Waals surface area contributed by atoms with Gasteiger partial charge in [0.15, 0.2) is 5.52 Å². The zero-order valence-corrected chi connectivity index (χ0v) is 19.3. The molecule has 0 spiro atoms. The number of carbonyl (C=O) groups is 1. The molecule has 1 aliphatic heterocycles. The van der Waals surface area contributed by atoms with Gasteiger partial charge in [-0.25, -0.2) is 0 Å². The van der Waals surface area contributed by atoms with E-state index in [0.29, 0.717) is 40.5 Å². The lowest BCUT2D eigenvalue weighted by Gasteiger charge is -2.38. The second kappa shape index (κ2) is 8.99. The van der Waals surface area contributed by atoms with Gasteiger partial charge in [-0.1, -0.05) is 0 Å². The number of methoxy groups -OCH3 is 1. The average molecular weight is 451 g/mol. The summed E-state index contributed by atoms with van der Waals surface area (Å²) in [7, 11) is 3.33. The lowest BCUT2D eigenvalue weighted by molar-refractivity contribution is 0.102. The van der Waals surface area contributed by atoms with Crippen molar-refractivity contribution in [1.82, 2.24) is 20.1 Å². The van der Waals surface area contributed by atoms with Crippen molar-refractivity contribution in [2.45, 2.75) is 25.9 Å². The van der Waals surface area contributed by atoms with Crippen LogP contribution in [0.4, 0.5) is 17.2 Å². The van der Waals surface area contributed by atoms with Gasteiger partial charge in [-0.05, 0) is 44.3 Å². The van der Waals surface area contributed by atoms with Gasteiger partial charge in [0.25, 0.3) is 5.91 Å². The number of fused-ring (bicyclic) bond motifs is 1. The van der Waals surface area contributed by atoms with E-state index in [1.807, 2.05) is 19.3 Å². The Bertz CT molecular complexity index is 1210. The Morgan fingerprint density at radius 3 is 2.70 bits per heavy atom. The highest BCUT2D eigenvalue weighted by atomic mass is 16.5. The maximum Gasteiger partial charge on any atom is 0.258 e. The van der Waals surface area contributed by atoms with Crippen LogP contribution in [0.3, 0.4) is 0 Å². The van der Waals surface area contributed by atoms with E-state index in [0.717, 1.165) is 29.7 Å². The van der Waals surface area contributed by atoms with Gasteiger partial charge in [0, 0.05) is 55.1 Å². The van der Waals surface area contributed by atoms with E-state index in [4.69, 9.17) is 16.2 Å². The Morgan fingerprint density at radius 1 is 1.30 bits per heavy atom. The zero-order valence-electron chi connectivity index (χ0n) is 19.3. The lowest BCUT2D eigenvalue weighted by atomic mass is 10.0. The van der Waals surface area contributed by atoms with Crippen LogP contribution in [0.5, 0.6) is 5.88 Å². The third kappa shape index (κ3) is 4.42. The van der Waals surface area contributed by atoms with Crippen molar-refractivity contribution in [2.75, 3.05) is 36.1 Å². The third-order valence-corrected chi connectivity index (χ3v) is 5.68. The molecule has 0 saturated carbocycles. The predicted molar refractivity (Wildman–Crippen MR) is 131 cm³/mol. The molecule has 2 unspecified atom stereocenters. The maximum absolute atomic E-state index is 13.2. The molecule has 3 aromatic rings. The number of ether oxygens (including phenoxy) is 1. The predicted octanol–water partition coefficient (Wildman–Crippen LogP) is 1.93. The van der Waals surface area contributed by atoms with Crippen molar-refractivity contribution in [3.05, 3.63) is 41.7 Å². The highest BCUT2D eigenvalue weighted by molar-refractivity contribution is 6.09. The minimum atomic E-state index is -0.370. The summed E-state index contributed by atoms with van der Waals surface area (Å²) in [5.41, 5.74) is 15.2. The van der Waals surface area contributed by atoms with Gasteiger partial charge < -0.3 is 31.7 Å². The lowest BCUT2D eigenvalue weighted by Crippen LogP contribution is -2.54. The fraction of sp³-hybridized carbons (Fsp3) is 0.348. The second-order valence-electron chi connectivity index (χ2n) is 8.40. The summed E-state index contributed by atoms with van der Waals surface area (Å²) in [6.45, 7) is 5.95. The van der Waals surface area contributed by atoms with Crippen molar-refractivity contribution < 1.29 is 9.53 Å². The summed E-state index contributed by atoms with van der Waals surface area (Å²) in [5, 5.41) is 11.5. The quantitative estimate of drug-likeness (QED) is 0.433. The van der Waals surface area contributed by atoms with Crippen LogP contribution in [0, 0.1) is 0 Å². The van der Waals surface area contributed by atoms with Gasteiger partial charge in [-0.15, -0.1) is 0 Å². The van der Waals surface area contributed by atoms with E-state index in [2.05, 4.69) is 39.5 Å². The molecule has 1 aromatic carbocycles. The molecule has 10 heteroatoms. The van der Waals surface area contributed by atoms with Crippen LogP contribution in [0.25, 0.3) is 17.0 Å². The first-order chi connectivity index (χ1) is 15.8. The number of piperazine rings is 1. The third-order valence-electron chi connectivity index (χ3n) is 5.68. The zero-order chi connectivity index (χ0) is 23.7. The Labute approximate surface area is 192 Å². The number of amides is 1. The molecule has 4 rings (SSSR count). The van der Waals surface area contributed by atoms with Gasteiger partial charge in [0.2, 0.25) is 5.88 Å². The molecule has 0 bridgehead atoms. The fourth-order valence-electron chi connectivity index (χ4n) is 4.40. The Kier molecular flexibility index (Phi) is 6.10. The molecule has 1 saturated heterocycles. The number of nitrogens with two attached hydrogens (primary N) is 2. The van der Waals surface area contributed by atoms with Crippen LogP contribution in [0.1, 0.15) is 29.8 Å². The topological polar surface area (TPSA) is 136 Å². The average Bonchev–Trinajstić information content (AvgIpc) is 3.13. The van der Waals surface area contributed by atoms with Crippen molar-refractivity contribution in [2.24, 2.45) is 12.8 Å². The minimum absolute atomic E-state index is 0.330. The standard InChI is InChI=1S/C23H30N8O2/c1-13-10-31(11-14(2)26-13)18-6-5-17(20(25)16(18)7-8-24)22(32)27-19-9-15-12-30(3)29-21(15)23(28-19)33-4/h5-9,12-14,26H,10-11,24-25H2,1-4H3,(H,27,32)/b8-7-. The number of pyridine rings is 1. The number of benzene rings is 1. The molecular weight excluding hydrogens is 420 g/mol. The Morgan fingerprint density at radius 2 is 2.03 bits per heavy atom. The van der Waals surface area contributed by atoms with Crippen molar-refractivity contribution in [3.8, 4) is 5.88 Å². The number of hydrogen-bond acceptors (Lipinski definition) is 8. The van der Waals surface area contributed by atoms with Crippen molar-refractivity contribution >= 4 is 40.1 Å². The van der Waals surface area contributed by atoms with Crippen molar-refractivity contribution in [1.29, 1.82) is 0 Å². The number of nitrogens with zero attached hydrogens (tertiary/aromatic N) is 4. The number of hydrogen-bond donors (Lipinski definition) is 4. The summed E-state index contributed by atoms with van der Waals surface area (Å²) >= 11 is 0. The van der Waals surface area contributed by atoms with Crippen LogP contribution in [-0.2, 0) is 7.05 Å². The SMILES string of the molecule is COc1nc(NC(=O)c2ccc(N3CC(C)NC(C)C3)c(/C=C\N)c2N)cc2cn(C)nc12. The first-order valence-corrected chi connectivity index (χ1v) is 10.8. The number of rotatable bonds is 5. The molecule has 1 aliphatic rings. The Hall–Kier alpha value is -3.79. The molecule has 6 N–H and O–H groups in total. The van der Waals surface area contributed by atoms with Crippen LogP contribution >= 0.6 is 0 Å². The molecule has 3 heterocycles.